The fourth-order valence-corrected chi connectivity index (χ4v) is 1.72. The smallest absolute Gasteiger partial charge is 0.325 e. The molecule has 1 rings (SSSR count). The summed E-state index contributed by atoms with van der Waals surface area (Å²) in [6.07, 6.45) is 0. The molecule has 0 aliphatic carbocycles. The summed E-state index contributed by atoms with van der Waals surface area (Å²) in [5, 5.41) is 12.4. The number of carbonyl (C=O) groups is 1. The van der Waals surface area contributed by atoms with Gasteiger partial charge in [-0.05, 0) is 30.8 Å². The van der Waals surface area contributed by atoms with E-state index in [1.807, 2.05) is 0 Å². The van der Waals surface area contributed by atoms with Crippen molar-refractivity contribution >= 4 is 29.2 Å². The van der Waals surface area contributed by atoms with Crippen LogP contribution in [-0.2, 0) is 4.79 Å². The largest absolute Gasteiger partial charge is 0.480 e. The average Bonchev–Trinajstić information content (AvgIpc) is 2.02. The van der Waals surface area contributed by atoms with Gasteiger partial charge in [-0.15, -0.1) is 0 Å². The molecule has 1 aromatic rings. The maximum atomic E-state index is 10.8. The molecule has 0 bridgehead atoms. The number of hydrogen-bond donors (Lipinski definition) is 2. The molecular weight excluding hydrogens is 225 g/mol. The third-order valence-electron chi connectivity index (χ3n) is 1.75. The first-order valence-corrected chi connectivity index (χ1v) is 4.66. The third kappa shape index (κ3) is 2.61. The molecule has 2 N–H and O–H groups in total. The molecule has 14 heavy (non-hydrogen) atoms. The van der Waals surface area contributed by atoms with Crippen molar-refractivity contribution < 1.29 is 9.90 Å². The molecule has 0 heterocycles. The van der Waals surface area contributed by atoms with Crippen LogP contribution in [0.2, 0.25) is 10.0 Å². The van der Waals surface area contributed by atoms with Gasteiger partial charge in [0.2, 0.25) is 0 Å². The van der Waals surface area contributed by atoms with E-state index in [1.54, 1.807) is 25.2 Å². The average molecular weight is 234 g/mol. The lowest BCUT2D eigenvalue weighted by Gasteiger charge is -2.11. The van der Waals surface area contributed by atoms with Gasteiger partial charge in [0, 0.05) is 10.0 Å². The van der Waals surface area contributed by atoms with Crippen LogP contribution in [-0.4, -0.2) is 18.1 Å². The molecule has 5 heteroatoms. The summed E-state index contributed by atoms with van der Waals surface area (Å²) in [5.41, 5.74) is 0.539. The molecule has 0 spiro atoms. The summed E-state index contributed by atoms with van der Waals surface area (Å²) in [5.74, 6) is -0.967. The molecule has 1 aromatic carbocycles. The monoisotopic (exact) mass is 233 g/mol. The van der Waals surface area contributed by atoms with Crippen LogP contribution in [0.4, 0.5) is 0 Å². The topological polar surface area (TPSA) is 49.3 Å². The summed E-state index contributed by atoms with van der Waals surface area (Å²) in [4.78, 5) is 10.8. The maximum absolute atomic E-state index is 10.8. The van der Waals surface area contributed by atoms with Crippen molar-refractivity contribution in [2.75, 3.05) is 7.05 Å². The first-order chi connectivity index (χ1) is 6.54. The Hall–Kier alpha value is -0.770. The van der Waals surface area contributed by atoms with Gasteiger partial charge in [0.25, 0.3) is 0 Å². The predicted molar refractivity (Wildman–Crippen MR) is 55.9 cm³/mol. The van der Waals surface area contributed by atoms with Crippen molar-refractivity contribution in [3.8, 4) is 0 Å². The number of likely N-dealkylation sites (N-methyl/N-ethyl adjacent to an activating group) is 1. The number of carboxylic acid groups (broad SMARTS) is 1. The Morgan fingerprint density at radius 1 is 1.36 bits per heavy atom. The van der Waals surface area contributed by atoms with Crippen molar-refractivity contribution in [3.63, 3.8) is 0 Å². The molecule has 0 aliphatic heterocycles. The number of halogens is 2. The van der Waals surface area contributed by atoms with Gasteiger partial charge in [-0.2, -0.15) is 0 Å². The van der Waals surface area contributed by atoms with Gasteiger partial charge in [-0.3, -0.25) is 4.79 Å². The second-order valence-corrected chi connectivity index (χ2v) is 3.64. The number of benzene rings is 1. The van der Waals surface area contributed by atoms with Gasteiger partial charge < -0.3 is 10.4 Å². The van der Waals surface area contributed by atoms with E-state index in [0.29, 0.717) is 15.6 Å². The molecular formula is C9H9Cl2NO2. The highest BCUT2D eigenvalue weighted by Gasteiger charge is 2.17. The molecule has 0 saturated carbocycles. The van der Waals surface area contributed by atoms with Crippen LogP contribution in [0.5, 0.6) is 0 Å². The summed E-state index contributed by atoms with van der Waals surface area (Å²) in [6, 6.07) is 3.92. The van der Waals surface area contributed by atoms with Crippen LogP contribution < -0.4 is 5.32 Å². The Morgan fingerprint density at radius 2 is 1.86 bits per heavy atom. The van der Waals surface area contributed by atoms with Crippen LogP contribution in [0, 0.1) is 0 Å². The quantitative estimate of drug-likeness (QED) is 0.843. The minimum Gasteiger partial charge on any atom is -0.480 e. The highest BCUT2D eigenvalue weighted by molar-refractivity contribution is 6.34. The lowest BCUT2D eigenvalue weighted by atomic mass is 10.1. The molecule has 1 atom stereocenters. The van der Waals surface area contributed by atoms with Gasteiger partial charge in [0.05, 0.1) is 0 Å². The zero-order chi connectivity index (χ0) is 10.7. The van der Waals surface area contributed by atoms with Crippen LogP contribution in [0.1, 0.15) is 11.6 Å². The lowest BCUT2D eigenvalue weighted by molar-refractivity contribution is -0.139. The summed E-state index contributed by atoms with van der Waals surface area (Å²) in [6.45, 7) is 0. The first kappa shape index (κ1) is 11.3. The van der Waals surface area contributed by atoms with E-state index in [4.69, 9.17) is 28.3 Å². The molecule has 0 fully saturated rings. The van der Waals surface area contributed by atoms with Crippen LogP contribution in [0.25, 0.3) is 0 Å². The lowest BCUT2D eigenvalue weighted by Crippen LogP contribution is -2.24. The van der Waals surface area contributed by atoms with Crippen molar-refractivity contribution in [1.29, 1.82) is 0 Å². The molecule has 76 valence electrons. The minimum atomic E-state index is -0.967. The Bertz CT molecular complexity index is 334. The van der Waals surface area contributed by atoms with E-state index < -0.39 is 12.0 Å². The van der Waals surface area contributed by atoms with E-state index >= 15 is 0 Å². The van der Waals surface area contributed by atoms with Gasteiger partial charge in [-0.25, -0.2) is 0 Å². The van der Waals surface area contributed by atoms with E-state index in [1.165, 1.54) is 0 Å². The third-order valence-corrected chi connectivity index (χ3v) is 2.19. The molecule has 0 amide bonds. The molecule has 0 saturated heterocycles. The van der Waals surface area contributed by atoms with E-state index in [2.05, 4.69) is 5.32 Å². The SMILES string of the molecule is CN[C@H](C(=O)O)c1cc(Cl)cc(Cl)c1. The van der Waals surface area contributed by atoms with E-state index in [-0.39, 0.29) is 0 Å². The van der Waals surface area contributed by atoms with Crippen molar-refractivity contribution in [1.82, 2.24) is 5.32 Å². The number of nitrogens with one attached hydrogen (secondary N) is 1. The summed E-state index contributed by atoms with van der Waals surface area (Å²) in [7, 11) is 1.56. The van der Waals surface area contributed by atoms with Crippen molar-refractivity contribution in [2.45, 2.75) is 6.04 Å². The number of rotatable bonds is 3. The normalized spacial score (nSPS) is 12.5. The fourth-order valence-electron chi connectivity index (χ4n) is 1.17. The van der Waals surface area contributed by atoms with Gasteiger partial charge in [-0.1, -0.05) is 23.2 Å². The first-order valence-electron chi connectivity index (χ1n) is 3.90. The van der Waals surface area contributed by atoms with Crippen LogP contribution in [0.15, 0.2) is 18.2 Å². The minimum absolute atomic E-state index is 0.425. The van der Waals surface area contributed by atoms with Crippen molar-refractivity contribution in [3.05, 3.63) is 33.8 Å². The Kier molecular flexibility index (Phi) is 3.75. The fraction of sp³-hybridized carbons (Fsp3) is 0.222. The standard InChI is InChI=1S/C9H9Cl2NO2/c1-12-8(9(13)14)5-2-6(10)4-7(11)3-5/h2-4,8,12H,1H3,(H,13,14)/t8-/m0/s1. The molecule has 0 aliphatic rings. The molecule has 0 aromatic heterocycles. The second-order valence-electron chi connectivity index (χ2n) is 2.76. The van der Waals surface area contributed by atoms with Gasteiger partial charge >= 0.3 is 5.97 Å². The molecule has 0 radical (unpaired) electrons. The Morgan fingerprint density at radius 3 is 2.21 bits per heavy atom. The summed E-state index contributed by atoms with van der Waals surface area (Å²) >= 11 is 11.5. The number of aliphatic carboxylic acids is 1. The number of hydrogen-bond acceptors (Lipinski definition) is 2. The highest BCUT2D eigenvalue weighted by Crippen LogP contribution is 2.23. The van der Waals surface area contributed by atoms with E-state index in [0.717, 1.165) is 0 Å². The van der Waals surface area contributed by atoms with Gasteiger partial charge in [0.15, 0.2) is 0 Å². The highest BCUT2D eigenvalue weighted by atomic mass is 35.5. The molecule has 3 nitrogen and oxygen atoms in total. The zero-order valence-electron chi connectivity index (χ0n) is 7.42. The zero-order valence-corrected chi connectivity index (χ0v) is 8.93. The predicted octanol–water partition coefficient (Wildman–Crippen LogP) is 2.34. The van der Waals surface area contributed by atoms with Crippen molar-refractivity contribution in [2.24, 2.45) is 0 Å². The van der Waals surface area contributed by atoms with Gasteiger partial charge in [0.1, 0.15) is 6.04 Å². The van der Waals surface area contributed by atoms with Crippen LogP contribution >= 0.6 is 23.2 Å². The maximum Gasteiger partial charge on any atom is 0.325 e. The Labute approximate surface area is 91.6 Å². The Balaban J connectivity index is 3.10. The van der Waals surface area contributed by atoms with E-state index in [9.17, 15) is 4.79 Å². The number of carboxylic acids is 1. The summed E-state index contributed by atoms with van der Waals surface area (Å²) < 4.78 is 0. The molecule has 0 unspecified atom stereocenters. The second kappa shape index (κ2) is 4.64. The van der Waals surface area contributed by atoms with Crippen LogP contribution in [0.3, 0.4) is 0 Å².